The van der Waals surface area contributed by atoms with Crippen molar-refractivity contribution in [3.8, 4) is 23.0 Å². The van der Waals surface area contributed by atoms with E-state index in [0.29, 0.717) is 48.9 Å². The predicted octanol–water partition coefficient (Wildman–Crippen LogP) is 5.51. The van der Waals surface area contributed by atoms with E-state index in [1.807, 2.05) is 35.2 Å². The van der Waals surface area contributed by atoms with E-state index < -0.39 is 11.9 Å². The van der Waals surface area contributed by atoms with Gasteiger partial charge in [0.15, 0.2) is 23.0 Å². The molecule has 0 aromatic heterocycles. The van der Waals surface area contributed by atoms with Crippen LogP contribution in [0, 0.1) is 0 Å². The lowest BCUT2D eigenvalue weighted by molar-refractivity contribution is -0.143. The molecule has 2 aromatic carbocycles. The van der Waals surface area contributed by atoms with Crippen LogP contribution < -0.4 is 24.3 Å². The van der Waals surface area contributed by atoms with Gasteiger partial charge in [0.25, 0.3) is 0 Å². The number of hydrogen-bond donors (Lipinski definition) is 3. The number of carboxylic acids is 2. The number of fused-ring (bicyclic) bond motifs is 1. The van der Waals surface area contributed by atoms with Crippen LogP contribution in [0.5, 0.6) is 23.0 Å². The van der Waals surface area contributed by atoms with Crippen molar-refractivity contribution in [2.75, 3.05) is 61.2 Å². The molecule has 13 heteroatoms. The van der Waals surface area contributed by atoms with Crippen molar-refractivity contribution in [2.45, 2.75) is 90.5 Å². The highest BCUT2D eigenvalue weighted by atomic mass is 16.5. The minimum absolute atomic E-state index is 0.0272. The molecule has 1 heterocycles. The number of rotatable bonds is 22. The van der Waals surface area contributed by atoms with Crippen LogP contribution in [0.1, 0.15) is 94.4 Å². The Labute approximate surface area is 308 Å². The number of carbonyl (C=O) groups excluding carboxylic acids is 2. The first kappa shape index (κ1) is 43.6. The van der Waals surface area contributed by atoms with Gasteiger partial charge in [-0.3, -0.25) is 19.2 Å². The zero-order chi connectivity index (χ0) is 38.5. The second-order valence-electron chi connectivity index (χ2n) is 12.7. The molecule has 1 aliphatic rings. The van der Waals surface area contributed by atoms with Gasteiger partial charge in [-0.1, -0.05) is 52.0 Å². The summed E-state index contributed by atoms with van der Waals surface area (Å²) in [5.74, 6) is 0.360. The summed E-state index contributed by atoms with van der Waals surface area (Å²) in [4.78, 5) is 50.4. The number of nitrogens with one attached hydrogen (secondary N) is 1. The summed E-state index contributed by atoms with van der Waals surface area (Å²) < 4.78 is 22.3. The molecule has 0 bridgehead atoms. The number of aliphatic carboxylic acids is 2. The molecule has 0 aliphatic carbocycles. The lowest BCUT2D eigenvalue weighted by Crippen LogP contribution is -2.49. The number of carboxylic acid groups (broad SMARTS) is 2. The van der Waals surface area contributed by atoms with E-state index in [1.54, 1.807) is 33.3 Å². The molecule has 13 nitrogen and oxygen atoms in total. The Balaban J connectivity index is 0.00000104. The largest absolute Gasteiger partial charge is 0.493 e. The number of ether oxygens (including phenoxy) is 4. The fourth-order valence-corrected chi connectivity index (χ4v) is 6.10. The molecule has 0 radical (unpaired) electrons. The third kappa shape index (κ3) is 14.2. The topological polar surface area (TPSA) is 164 Å². The van der Waals surface area contributed by atoms with Crippen LogP contribution in [0.3, 0.4) is 0 Å². The lowest BCUT2D eigenvalue weighted by atomic mass is 9.88. The molecule has 52 heavy (non-hydrogen) atoms. The Hall–Kier alpha value is -4.52. The van der Waals surface area contributed by atoms with Gasteiger partial charge in [-0.2, -0.15) is 0 Å². The summed E-state index contributed by atoms with van der Waals surface area (Å²) in [6, 6.07) is 9.62. The van der Waals surface area contributed by atoms with E-state index >= 15 is 0 Å². The van der Waals surface area contributed by atoms with Crippen molar-refractivity contribution >= 4 is 23.8 Å². The first-order chi connectivity index (χ1) is 25.0. The highest BCUT2D eigenvalue weighted by Gasteiger charge is 2.34. The van der Waals surface area contributed by atoms with E-state index in [-0.39, 0.29) is 43.8 Å². The average Bonchev–Trinajstić information content (AvgIpc) is 3.14. The van der Waals surface area contributed by atoms with E-state index in [4.69, 9.17) is 29.2 Å². The van der Waals surface area contributed by atoms with Crippen molar-refractivity contribution in [3.05, 3.63) is 47.0 Å². The van der Waals surface area contributed by atoms with Gasteiger partial charge in [0.2, 0.25) is 11.8 Å². The minimum Gasteiger partial charge on any atom is -0.493 e. The van der Waals surface area contributed by atoms with E-state index in [0.717, 1.165) is 48.9 Å². The van der Waals surface area contributed by atoms with Gasteiger partial charge in [0.1, 0.15) is 0 Å². The molecular weight excluding hydrogens is 670 g/mol. The maximum absolute atomic E-state index is 14.1. The third-order valence-corrected chi connectivity index (χ3v) is 8.92. The Bertz CT molecular complexity index is 1420. The molecule has 0 fully saturated rings. The Morgan fingerprint density at radius 3 is 1.98 bits per heavy atom. The molecule has 1 unspecified atom stereocenters. The quantitative estimate of drug-likeness (QED) is 0.131. The summed E-state index contributed by atoms with van der Waals surface area (Å²) in [5, 5.41) is 19.0. The zero-order valence-electron chi connectivity index (χ0n) is 31.8. The number of hydrogen-bond acceptors (Lipinski definition) is 9. The Kier molecular flexibility index (Phi) is 20.0. The van der Waals surface area contributed by atoms with Crippen LogP contribution in [0.15, 0.2) is 30.3 Å². The van der Waals surface area contributed by atoms with Crippen LogP contribution in [0.2, 0.25) is 0 Å². The predicted molar refractivity (Wildman–Crippen MR) is 199 cm³/mol. The molecule has 3 N–H and O–H groups in total. The van der Waals surface area contributed by atoms with Gasteiger partial charge in [-0.15, -0.1) is 0 Å². The third-order valence-electron chi connectivity index (χ3n) is 8.92. The van der Waals surface area contributed by atoms with Crippen LogP contribution in [-0.4, -0.2) is 105 Å². The van der Waals surface area contributed by atoms with Crippen LogP contribution >= 0.6 is 0 Å². The highest BCUT2D eigenvalue weighted by Crippen LogP contribution is 2.40. The maximum Gasteiger partial charge on any atom is 0.303 e. The molecule has 2 aromatic rings. The first-order valence-electron chi connectivity index (χ1n) is 18.2. The molecule has 0 saturated heterocycles. The van der Waals surface area contributed by atoms with Gasteiger partial charge in [0.05, 0.1) is 60.4 Å². The summed E-state index contributed by atoms with van der Waals surface area (Å²) >= 11 is 0. The molecule has 0 spiro atoms. The molecule has 2 amide bonds. The smallest absolute Gasteiger partial charge is 0.303 e. The maximum atomic E-state index is 14.1. The monoisotopic (exact) mass is 729 g/mol. The number of methoxy groups -OCH3 is 4. The summed E-state index contributed by atoms with van der Waals surface area (Å²) in [6.07, 6.45) is 8.35. The van der Waals surface area contributed by atoms with Crippen molar-refractivity contribution in [2.24, 2.45) is 0 Å². The lowest BCUT2D eigenvalue weighted by Gasteiger charge is -2.39. The Morgan fingerprint density at radius 1 is 0.788 bits per heavy atom. The van der Waals surface area contributed by atoms with Crippen molar-refractivity contribution < 1.29 is 48.3 Å². The number of amides is 2. The molecule has 290 valence electrons. The van der Waals surface area contributed by atoms with Crippen molar-refractivity contribution in [1.82, 2.24) is 15.1 Å². The van der Waals surface area contributed by atoms with Gasteiger partial charge in [-0.25, -0.2) is 0 Å². The van der Waals surface area contributed by atoms with Gasteiger partial charge >= 0.3 is 11.9 Å². The van der Waals surface area contributed by atoms with Gasteiger partial charge in [-0.05, 0) is 73.2 Å². The fraction of sp³-hybridized carbons (Fsp3) is 0.590. The van der Waals surface area contributed by atoms with Crippen LogP contribution in [0.4, 0.5) is 0 Å². The fourth-order valence-electron chi connectivity index (χ4n) is 6.10. The van der Waals surface area contributed by atoms with Crippen molar-refractivity contribution in [3.63, 3.8) is 0 Å². The summed E-state index contributed by atoms with van der Waals surface area (Å²) in [6.45, 7) is 6.49. The van der Waals surface area contributed by atoms with E-state index in [9.17, 15) is 19.2 Å². The number of carbonyl (C=O) groups is 4. The first-order valence-corrected chi connectivity index (χ1v) is 18.2. The van der Waals surface area contributed by atoms with Gasteiger partial charge in [0, 0.05) is 13.1 Å². The molecule has 0 saturated carbocycles. The summed E-state index contributed by atoms with van der Waals surface area (Å²) in [7, 11) is 6.49. The highest BCUT2D eigenvalue weighted by molar-refractivity contribution is 5.86. The molecule has 3 rings (SSSR count). The molecular formula is C39H59N3O10. The summed E-state index contributed by atoms with van der Waals surface area (Å²) in [5.41, 5.74) is 3.16. The molecule has 1 aliphatic heterocycles. The second-order valence-corrected chi connectivity index (χ2v) is 12.7. The normalized spacial score (nSPS) is 13.3. The number of benzene rings is 2. The second kappa shape index (κ2) is 23.9. The number of unbranched alkanes of at least 4 members (excludes halogenated alkanes) is 5. The van der Waals surface area contributed by atoms with Gasteiger partial charge < -0.3 is 44.3 Å². The average molecular weight is 730 g/mol. The van der Waals surface area contributed by atoms with Crippen LogP contribution in [0.25, 0.3) is 0 Å². The zero-order valence-corrected chi connectivity index (χ0v) is 31.8. The SMILES string of the molecule is CCCCCCCCN(CC(=O)N1CCc2cc(OC)c(OC)cc2C1Cc1ccc(OC)c(OC)c1)C(=O)CNCCC.O=C(O)CCC(=O)O. The van der Waals surface area contributed by atoms with E-state index in [2.05, 4.69) is 19.2 Å². The minimum atomic E-state index is -1.08. The van der Waals surface area contributed by atoms with E-state index in [1.165, 1.54) is 19.3 Å². The molecule has 1 atom stereocenters. The van der Waals surface area contributed by atoms with Crippen molar-refractivity contribution in [1.29, 1.82) is 0 Å². The number of nitrogens with zero attached hydrogens (tertiary/aromatic N) is 2. The Morgan fingerprint density at radius 2 is 1.38 bits per heavy atom. The van der Waals surface area contributed by atoms with Crippen LogP contribution in [-0.2, 0) is 32.0 Å². The standard InChI is InChI=1S/C35H53N3O6.C4H6O4/c1-7-9-10-11-12-13-18-37(34(39)24-36-17-8-2)25-35(40)38-19-16-27-22-32(43-5)33(44-6)23-28(27)29(38)20-26-14-15-30(41-3)31(21-26)42-4;5-3(6)1-2-4(7)8/h14-15,21-23,29,36H,7-13,16-20,24-25H2,1-6H3;1-2H2,(H,5,6)(H,7,8).